The Morgan fingerprint density at radius 2 is 1.00 bits per heavy atom. The first kappa shape index (κ1) is 54.7. The van der Waals surface area contributed by atoms with E-state index in [-0.39, 0.29) is 39.6 Å². The van der Waals surface area contributed by atoms with Crippen LogP contribution in [0.25, 0.3) is 0 Å². The standard InChI is InChI=1S/C57H60Cl3NO11S/c1-39-27-29-45(30-28-39)73-55-53(52(68-35-44-25-15-6-16-26-44)50(66-33-42-21-11-4-12-22-42)47(71-55)37-65-32-41-19-9-3-10-20-41)72-54-48(61-56(63)69-38-57(58,59)60)51(67-34-43-23-13-5-14-24-43)49(62)46(70-54)36-64-31-40-17-7-2-8-18-40/h2-30,46-55,62H,31-38H2,1H3,(H,61,63)/t46-,47-,48-,49-,50-,51-,52+,53+,54+,55-/m1/s1. The van der Waals surface area contributed by atoms with E-state index >= 15 is 0 Å². The number of rotatable bonds is 23. The molecule has 2 aliphatic heterocycles. The van der Waals surface area contributed by atoms with Crippen LogP contribution >= 0.6 is 46.6 Å². The third-order valence-corrected chi connectivity index (χ3v) is 13.6. The molecule has 0 spiro atoms. The van der Waals surface area contributed by atoms with Crippen LogP contribution in [0.5, 0.6) is 0 Å². The van der Waals surface area contributed by atoms with Gasteiger partial charge in [-0.05, 0) is 46.9 Å². The number of ether oxygens (including phenoxy) is 9. The van der Waals surface area contributed by atoms with Gasteiger partial charge in [0.05, 0.1) is 46.2 Å². The molecule has 2 fully saturated rings. The number of alkyl halides is 3. The molecule has 0 aliphatic carbocycles. The Hall–Kier alpha value is -4.55. The number of hydrogen-bond acceptors (Lipinski definition) is 12. The predicted molar refractivity (Wildman–Crippen MR) is 281 cm³/mol. The van der Waals surface area contributed by atoms with Crippen LogP contribution in [0.15, 0.2) is 181 Å². The number of hydrogen-bond donors (Lipinski definition) is 2. The second-order valence-electron chi connectivity index (χ2n) is 17.8. The minimum atomic E-state index is -1.92. The van der Waals surface area contributed by atoms with Crippen LogP contribution in [0.3, 0.4) is 0 Å². The van der Waals surface area contributed by atoms with E-state index in [1.807, 2.05) is 183 Å². The van der Waals surface area contributed by atoms with E-state index in [1.165, 1.54) is 11.8 Å². The summed E-state index contributed by atoms with van der Waals surface area (Å²) in [4.78, 5) is 14.7. The lowest BCUT2D eigenvalue weighted by Crippen LogP contribution is -2.68. The van der Waals surface area contributed by atoms with Crippen LogP contribution in [0.1, 0.15) is 33.4 Å². The summed E-state index contributed by atoms with van der Waals surface area (Å²) in [6.45, 7) is 2.50. The summed E-state index contributed by atoms with van der Waals surface area (Å²) in [6, 6.07) is 55.5. The highest BCUT2D eigenvalue weighted by Crippen LogP contribution is 2.40. The summed E-state index contributed by atoms with van der Waals surface area (Å²) in [5.41, 5.74) is 4.85. The smallest absolute Gasteiger partial charge is 0.407 e. The quantitative estimate of drug-likeness (QED) is 0.0592. The van der Waals surface area contributed by atoms with Crippen molar-refractivity contribution >= 4 is 52.7 Å². The molecule has 0 radical (unpaired) electrons. The summed E-state index contributed by atoms with van der Waals surface area (Å²) in [7, 11) is 0. The molecule has 2 heterocycles. The van der Waals surface area contributed by atoms with E-state index in [0.29, 0.717) is 6.61 Å². The van der Waals surface area contributed by atoms with Gasteiger partial charge in [0.1, 0.15) is 60.8 Å². The lowest BCUT2D eigenvalue weighted by Gasteiger charge is -2.49. The minimum Gasteiger partial charge on any atom is -0.445 e. The number of halogens is 3. The number of aryl methyl sites for hydroxylation is 1. The zero-order chi connectivity index (χ0) is 50.8. The molecule has 0 saturated carbocycles. The Morgan fingerprint density at radius 1 is 0.562 bits per heavy atom. The molecule has 12 nitrogen and oxygen atoms in total. The SMILES string of the molecule is Cc1ccc(S[C@H]2O[C@H](COCc3ccccc3)[C@@H](OCc3ccccc3)[C@H](OCc3ccccc3)[C@@H]2O[C@@H]2O[C@H](COCc3ccccc3)[C@@H](O)[C@H](OCc3ccccc3)[C@H]2NC(=O)OCC(Cl)(Cl)Cl)cc1. The summed E-state index contributed by atoms with van der Waals surface area (Å²) in [5, 5.41) is 15.1. The van der Waals surface area contributed by atoms with Crippen molar-refractivity contribution in [3.8, 4) is 0 Å². The van der Waals surface area contributed by atoms with Gasteiger partial charge in [-0.3, -0.25) is 0 Å². The predicted octanol–water partition coefficient (Wildman–Crippen LogP) is 10.9. The number of aliphatic hydroxyl groups excluding tert-OH is 1. The molecule has 10 atom stereocenters. The van der Waals surface area contributed by atoms with Crippen molar-refractivity contribution in [3.63, 3.8) is 0 Å². The molecule has 8 rings (SSSR count). The van der Waals surface area contributed by atoms with E-state index in [0.717, 1.165) is 38.3 Å². The number of thioether (sulfide) groups is 1. The molecule has 73 heavy (non-hydrogen) atoms. The normalized spacial score (nSPS) is 24.2. The number of carbonyl (C=O) groups is 1. The fraction of sp³-hybridized carbons (Fsp3) is 0.351. The van der Waals surface area contributed by atoms with E-state index in [1.54, 1.807) is 0 Å². The molecule has 2 saturated heterocycles. The first-order chi connectivity index (χ1) is 35.5. The number of nitrogens with one attached hydrogen (secondary N) is 1. The number of alkyl carbamates (subject to hydrolysis) is 1. The topological polar surface area (TPSA) is 132 Å². The van der Waals surface area contributed by atoms with Crippen molar-refractivity contribution in [2.45, 2.75) is 109 Å². The second-order valence-corrected chi connectivity index (χ2v) is 21.4. The number of aliphatic hydroxyl groups is 1. The Morgan fingerprint density at radius 3 is 1.48 bits per heavy atom. The number of benzene rings is 6. The van der Waals surface area contributed by atoms with Crippen LogP contribution in [-0.2, 0) is 75.7 Å². The van der Waals surface area contributed by atoms with Crippen LogP contribution in [0.4, 0.5) is 4.79 Å². The zero-order valence-electron chi connectivity index (χ0n) is 40.2. The molecule has 6 aromatic rings. The highest BCUT2D eigenvalue weighted by Gasteiger charge is 2.54. The Bertz CT molecular complexity index is 2520. The third-order valence-electron chi connectivity index (χ3n) is 12.1. The van der Waals surface area contributed by atoms with Crippen molar-refractivity contribution in [2.24, 2.45) is 0 Å². The van der Waals surface area contributed by atoms with Gasteiger partial charge in [-0.1, -0.05) is 216 Å². The van der Waals surface area contributed by atoms with Crippen LogP contribution < -0.4 is 5.32 Å². The van der Waals surface area contributed by atoms with Gasteiger partial charge in [0, 0.05) is 4.90 Å². The molecule has 6 aromatic carbocycles. The van der Waals surface area contributed by atoms with Gasteiger partial charge in [-0.15, -0.1) is 0 Å². The van der Waals surface area contributed by atoms with Crippen molar-refractivity contribution in [2.75, 3.05) is 19.8 Å². The van der Waals surface area contributed by atoms with Crippen molar-refractivity contribution < 1.29 is 52.5 Å². The van der Waals surface area contributed by atoms with E-state index in [2.05, 4.69) is 5.32 Å². The monoisotopic (exact) mass is 1070 g/mol. The van der Waals surface area contributed by atoms with Crippen LogP contribution in [-0.4, -0.2) is 95.3 Å². The molecule has 386 valence electrons. The third kappa shape index (κ3) is 17.0. The fourth-order valence-corrected chi connectivity index (χ4v) is 9.71. The summed E-state index contributed by atoms with van der Waals surface area (Å²) >= 11 is 19.6. The molecule has 1 amide bonds. The molecule has 16 heteroatoms. The van der Waals surface area contributed by atoms with Gasteiger partial charge in [0.2, 0.25) is 3.79 Å². The van der Waals surface area contributed by atoms with Crippen molar-refractivity contribution in [1.82, 2.24) is 5.32 Å². The van der Waals surface area contributed by atoms with E-state index in [9.17, 15) is 9.90 Å². The molecule has 0 unspecified atom stereocenters. The Labute approximate surface area is 446 Å². The first-order valence-electron chi connectivity index (χ1n) is 24.1. The molecule has 0 aromatic heterocycles. The molecule has 0 bridgehead atoms. The minimum absolute atomic E-state index is 0.0512. The first-order valence-corrected chi connectivity index (χ1v) is 26.1. The van der Waals surface area contributed by atoms with Gasteiger partial charge in [-0.2, -0.15) is 0 Å². The second kappa shape index (κ2) is 27.8. The van der Waals surface area contributed by atoms with Crippen LogP contribution in [0.2, 0.25) is 0 Å². The van der Waals surface area contributed by atoms with E-state index < -0.39 is 77.0 Å². The van der Waals surface area contributed by atoms with Gasteiger partial charge in [-0.25, -0.2) is 4.79 Å². The highest BCUT2D eigenvalue weighted by atomic mass is 35.6. The maximum absolute atomic E-state index is 13.8. The largest absolute Gasteiger partial charge is 0.445 e. The average molecular weight is 1070 g/mol. The number of amides is 1. The van der Waals surface area contributed by atoms with Gasteiger partial charge in [0.15, 0.2) is 6.29 Å². The zero-order valence-corrected chi connectivity index (χ0v) is 43.3. The molecule has 2 aliphatic rings. The summed E-state index contributed by atoms with van der Waals surface area (Å²) < 4.78 is 58.1. The van der Waals surface area contributed by atoms with Crippen molar-refractivity contribution in [3.05, 3.63) is 209 Å². The lowest BCUT2D eigenvalue weighted by atomic mass is 9.95. The molecule has 2 N–H and O–H groups in total. The Kier molecular flexibility index (Phi) is 20.9. The fourth-order valence-electron chi connectivity index (χ4n) is 8.43. The van der Waals surface area contributed by atoms with Gasteiger partial charge in [0.25, 0.3) is 0 Å². The van der Waals surface area contributed by atoms with E-state index in [4.69, 9.17) is 77.4 Å². The van der Waals surface area contributed by atoms with Crippen LogP contribution in [0, 0.1) is 6.92 Å². The lowest BCUT2D eigenvalue weighted by molar-refractivity contribution is -0.326. The summed E-state index contributed by atoms with van der Waals surface area (Å²) in [5.74, 6) is 0. The number of carbonyl (C=O) groups excluding carboxylic acids is 1. The highest BCUT2D eigenvalue weighted by molar-refractivity contribution is 7.99. The van der Waals surface area contributed by atoms with Crippen molar-refractivity contribution in [1.29, 1.82) is 0 Å². The van der Waals surface area contributed by atoms with Gasteiger partial charge < -0.3 is 53.1 Å². The maximum atomic E-state index is 13.8. The summed E-state index contributed by atoms with van der Waals surface area (Å²) in [6.07, 6.45) is -9.31. The Balaban J connectivity index is 1.19. The maximum Gasteiger partial charge on any atom is 0.407 e. The molecular formula is C57H60Cl3NO11S. The van der Waals surface area contributed by atoms with Gasteiger partial charge >= 0.3 is 6.09 Å². The average Bonchev–Trinajstić information content (AvgIpc) is 3.40. The molecular weight excluding hydrogens is 1010 g/mol.